The van der Waals surface area contributed by atoms with E-state index < -0.39 is 11.4 Å². The summed E-state index contributed by atoms with van der Waals surface area (Å²) in [4.78, 5) is 25.3. The van der Waals surface area contributed by atoms with Crippen LogP contribution in [0.25, 0.3) is 0 Å². The normalized spacial score (nSPS) is 24.7. The van der Waals surface area contributed by atoms with Crippen LogP contribution in [0.1, 0.15) is 47.5 Å². The van der Waals surface area contributed by atoms with Crippen LogP contribution in [0.4, 0.5) is 0 Å². The molecule has 1 N–H and O–H groups in total. The van der Waals surface area contributed by atoms with Gasteiger partial charge in [-0.1, -0.05) is 34.6 Å². The van der Waals surface area contributed by atoms with E-state index in [4.69, 9.17) is 0 Å². The number of carboxylic acids is 1. The van der Waals surface area contributed by atoms with Gasteiger partial charge in [-0.15, -0.1) is 0 Å². The fourth-order valence-electron chi connectivity index (χ4n) is 2.50. The third-order valence-corrected chi connectivity index (χ3v) is 3.87. The van der Waals surface area contributed by atoms with Crippen molar-refractivity contribution in [3.05, 3.63) is 0 Å². The number of rotatable bonds is 3. The lowest BCUT2D eigenvalue weighted by molar-refractivity contribution is -0.151. The summed E-state index contributed by atoms with van der Waals surface area (Å²) in [6, 6.07) is 0. The van der Waals surface area contributed by atoms with E-state index in [2.05, 4.69) is 0 Å². The Labute approximate surface area is 109 Å². The van der Waals surface area contributed by atoms with E-state index in [9.17, 15) is 14.7 Å². The SMILES string of the molecule is CC(C)C1(C(=O)O)CCN(C(=O)CC(C)(C)C)C1. The van der Waals surface area contributed by atoms with Crippen LogP contribution in [-0.4, -0.2) is 35.0 Å². The first kappa shape index (κ1) is 15.0. The lowest BCUT2D eigenvalue weighted by Gasteiger charge is -2.29. The largest absolute Gasteiger partial charge is 0.481 e. The highest BCUT2D eigenvalue weighted by molar-refractivity contribution is 5.81. The van der Waals surface area contributed by atoms with Crippen molar-refractivity contribution >= 4 is 11.9 Å². The number of carbonyl (C=O) groups excluding carboxylic acids is 1. The number of carbonyl (C=O) groups is 2. The van der Waals surface area contributed by atoms with Crippen LogP contribution in [-0.2, 0) is 9.59 Å². The molecular weight excluding hydrogens is 230 g/mol. The van der Waals surface area contributed by atoms with Crippen molar-refractivity contribution < 1.29 is 14.7 Å². The Balaban J connectivity index is 2.76. The molecule has 0 bridgehead atoms. The summed E-state index contributed by atoms with van der Waals surface area (Å²) in [6.07, 6.45) is 1.04. The van der Waals surface area contributed by atoms with E-state index in [1.165, 1.54) is 0 Å². The van der Waals surface area contributed by atoms with E-state index in [0.29, 0.717) is 25.9 Å². The predicted octanol–water partition coefficient (Wildman–Crippen LogP) is 2.38. The average Bonchev–Trinajstić information content (AvgIpc) is 2.59. The highest BCUT2D eigenvalue weighted by Crippen LogP contribution is 2.38. The van der Waals surface area contributed by atoms with Crippen molar-refractivity contribution in [1.29, 1.82) is 0 Å². The van der Waals surface area contributed by atoms with Crippen LogP contribution in [0, 0.1) is 16.7 Å². The Morgan fingerprint density at radius 2 is 1.89 bits per heavy atom. The number of likely N-dealkylation sites (tertiary alicyclic amines) is 1. The highest BCUT2D eigenvalue weighted by atomic mass is 16.4. The van der Waals surface area contributed by atoms with E-state index >= 15 is 0 Å². The minimum atomic E-state index is -0.774. The van der Waals surface area contributed by atoms with Crippen molar-refractivity contribution in [3.8, 4) is 0 Å². The van der Waals surface area contributed by atoms with Crippen molar-refractivity contribution in [2.24, 2.45) is 16.7 Å². The first-order chi connectivity index (χ1) is 8.08. The molecule has 1 aliphatic heterocycles. The summed E-state index contributed by atoms with van der Waals surface area (Å²) in [5.41, 5.74) is -0.809. The van der Waals surface area contributed by atoms with Crippen LogP contribution in [0.15, 0.2) is 0 Å². The summed E-state index contributed by atoms with van der Waals surface area (Å²) < 4.78 is 0. The van der Waals surface area contributed by atoms with Gasteiger partial charge in [-0.2, -0.15) is 0 Å². The smallest absolute Gasteiger partial charge is 0.311 e. The molecule has 1 fully saturated rings. The highest BCUT2D eigenvalue weighted by Gasteiger charge is 2.48. The van der Waals surface area contributed by atoms with Crippen LogP contribution >= 0.6 is 0 Å². The topological polar surface area (TPSA) is 57.6 Å². The predicted molar refractivity (Wildman–Crippen MR) is 70.2 cm³/mol. The zero-order valence-electron chi connectivity index (χ0n) is 12.1. The quantitative estimate of drug-likeness (QED) is 0.842. The Morgan fingerprint density at radius 1 is 1.33 bits per heavy atom. The van der Waals surface area contributed by atoms with Gasteiger partial charge in [0.2, 0.25) is 5.91 Å². The Hall–Kier alpha value is -1.06. The molecule has 0 aromatic rings. The number of aliphatic carboxylic acids is 1. The van der Waals surface area contributed by atoms with Crippen molar-refractivity contribution in [1.82, 2.24) is 4.90 Å². The summed E-state index contributed by atoms with van der Waals surface area (Å²) in [6.45, 7) is 10.8. The Kier molecular flexibility index (Phi) is 4.08. The molecule has 1 heterocycles. The third kappa shape index (κ3) is 3.03. The molecule has 0 radical (unpaired) electrons. The molecule has 0 aromatic carbocycles. The molecule has 1 rings (SSSR count). The van der Waals surface area contributed by atoms with Gasteiger partial charge in [0, 0.05) is 19.5 Å². The fourth-order valence-corrected chi connectivity index (χ4v) is 2.50. The van der Waals surface area contributed by atoms with Crippen molar-refractivity contribution in [3.63, 3.8) is 0 Å². The maximum Gasteiger partial charge on any atom is 0.311 e. The van der Waals surface area contributed by atoms with E-state index in [0.717, 1.165) is 0 Å². The summed E-state index contributed by atoms with van der Waals surface area (Å²) in [5.74, 6) is -0.655. The molecule has 1 atom stereocenters. The number of hydrogen-bond donors (Lipinski definition) is 1. The monoisotopic (exact) mass is 255 g/mol. The van der Waals surface area contributed by atoms with Gasteiger partial charge in [0.25, 0.3) is 0 Å². The lowest BCUT2D eigenvalue weighted by Crippen LogP contribution is -2.41. The molecule has 18 heavy (non-hydrogen) atoms. The second-order valence-electron chi connectivity index (χ2n) is 6.92. The summed E-state index contributed by atoms with van der Waals surface area (Å²) in [7, 11) is 0. The number of carboxylic acid groups (broad SMARTS) is 1. The Bertz CT molecular complexity index is 343. The van der Waals surface area contributed by atoms with Gasteiger partial charge in [0.15, 0.2) is 0 Å². The van der Waals surface area contributed by atoms with Gasteiger partial charge in [0.1, 0.15) is 0 Å². The maximum absolute atomic E-state index is 12.1. The molecule has 1 amide bonds. The maximum atomic E-state index is 12.1. The summed E-state index contributed by atoms with van der Waals surface area (Å²) >= 11 is 0. The van der Waals surface area contributed by atoms with Gasteiger partial charge in [0.05, 0.1) is 5.41 Å². The van der Waals surface area contributed by atoms with Crippen LogP contribution in [0.5, 0.6) is 0 Å². The molecule has 1 saturated heterocycles. The molecule has 0 aliphatic carbocycles. The lowest BCUT2D eigenvalue weighted by atomic mass is 9.76. The van der Waals surface area contributed by atoms with Crippen LogP contribution < -0.4 is 0 Å². The number of amides is 1. The molecule has 0 spiro atoms. The zero-order chi connectivity index (χ0) is 14.1. The average molecular weight is 255 g/mol. The first-order valence-corrected chi connectivity index (χ1v) is 6.60. The van der Waals surface area contributed by atoms with E-state index in [1.807, 2.05) is 34.6 Å². The van der Waals surface area contributed by atoms with Gasteiger partial charge >= 0.3 is 5.97 Å². The molecule has 1 unspecified atom stereocenters. The van der Waals surface area contributed by atoms with Crippen molar-refractivity contribution in [2.75, 3.05) is 13.1 Å². The van der Waals surface area contributed by atoms with E-state index in [-0.39, 0.29) is 17.2 Å². The minimum Gasteiger partial charge on any atom is -0.481 e. The molecule has 0 aromatic heterocycles. The second-order valence-corrected chi connectivity index (χ2v) is 6.92. The summed E-state index contributed by atoms with van der Waals surface area (Å²) in [5, 5.41) is 9.43. The number of nitrogens with zero attached hydrogens (tertiary/aromatic N) is 1. The number of hydrogen-bond acceptors (Lipinski definition) is 2. The van der Waals surface area contributed by atoms with Gasteiger partial charge in [-0.25, -0.2) is 0 Å². The zero-order valence-corrected chi connectivity index (χ0v) is 12.1. The van der Waals surface area contributed by atoms with Crippen LogP contribution in [0.2, 0.25) is 0 Å². The molecule has 104 valence electrons. The van der Waals surface area contributed by atoms with Gasteiger partial charge in [-0.3, -0.25) is 9.59 Å². The molecule has 4 heteroatoms. The van der Waals surface area contributed by atoms with Crippen LogP contribution in [0.3, 0.4) is 0 Å². The van der Waals surface area contributed by atoms with E-state index in [1.54, 1.807) is 4.90 Å². The first-order valence-electron chi connectivity index (χ1n) is 6.60. The minimum absolute atomic E-state index is 0.0439. The second kappa shape index (κ2) is 4.90. The van der Waals surface area contributed by atoms with Gasteiger partial charge in [-0.05, 0) is 17.8 Å². The van der Waals surface area contributed by atoms with Crippen molar-refractivity contribution in [2.45, 2.75) is 47.5 Å². The molecule has 1 aliphatic rings. The molecular formula is C14H25NO3. The van der Waals surface area contributed by atoms with Gasteiger partial charge < -0.3 is 10.0 Å². The Morgan fingerprint density at radius 3 is 2.22 bits per heavy atom. The molecule has 4 nitrogen and oxygen atoms in total. The standard InChI is InChI=1S/C14H25NO3/c1-10(2)14(12(17)18)6-7-15(9-14)11(16)8-13(3,4)5/h10H,6-9H2,1-5H3,(H,17,18). The fraction of sp³-hybridized carbons (Fsp3) is 0.857. The third-order valence-electron chi connectivity index (χ3n) is 3.87. The molecule has 0 saturated carbocycles.